The number of para-hydroxylation sites is 1. The lowest BCUT2D eigenvalue weighted by molar-refractivity contribution is -0.137. The molecule has 0 aliphatic rings. The van der Waals surface area contributed by atoms with Gasteiger partial charge in [0.05, 0.1) is 11.3 Å². The van der Waals surface area contributed by atoms with Gasteiger partial charge in [0.1, 0.15) is 0 Å². The van der Waals surface area contributed by atoms with Gasteiger partial charge in [-0.25, -0.2) is 0 Å². The van der Waals surface area contributed by atoms with E-state index in [0.29, 0.717) is 10.6 Å². The molecule has 0 spiro atoms. The standard InChI is InChI=1S/C18H16ClF3N2O2/c1-12(25)24(16-5-3-2-4-15(16)18(20,21)22)11-10-23-17(26)13-6-8-14(19)9-7-13/h2-9H,10-11H2,1H3,(H,23,26). The largest absolute Gasteiger partial charge is 0.418 e. The maximum atomic E-state index is 13.2. The van der Waals surface area contributed by atoms with E-state index in [2.05, 4.69) is 5.32 Å². The molecule has 26 heavy (non-hydrogen) atoms. The lowest BCUT2D eigenvalue weighted by Crippen LogP contribution is -2.38. The highest BCUT2D eigenvalue weighted by molar-refractivity contribution is 6.30. The maximum absolute atomic E-state index is 13.2. The zero-order valence-electron chi connectivity index (χ0n) is 13.8. The topological polar surface area (TPSA) is 49.4 Å². The Balaban J connectivity index is 2.09. The molecule has 2 amide bonds. The van der Waals surface area contributed by atoms with Crippen LogP contribution in [0, 0.1) is 0 Å². The summed E-state index contributed by atoms with van der Waals surface area (Å²) >= 11 is 5.75. The number of carbonyl (C=O) groups is 2. The third-order valence-electron chi connectivity index (χ3n) is 3.61. The van der Waals surface area contributed by atoms with Crippen molar-refractivity contribution in [1.29, 1.82) is 0 Å². The second kappa shape index (κ2) is 8.23. The molecule has 138 valence electrons. The highest BCUT2D eigenvalue weighted by Crippen LogP contribution is 2.36. The molecule has 4 nitrogen and oxygen atoms in total. The van der Waals surface area contributed by atoms with E-state index in [-0.39, 0.29) is 18.8 Å². The molecular formula is C18H16ClF3N2O2. The maximum Gasteiger partial charge on any atom is 0.418 e. The average molecular weight is 385 g/mol. The monoisotopic (exact) mass is 384 g/mol. The molecule has 0 heterocycles. The normalized spacial score (nSPS) is 11.1. The molecule has 0 aliphatic heterocycles. The summed E-state index contributed by atoms with van der Waals surface area (Å²) in [6.45, 7) is 1.07. The summed E-state index contributed by atoms with van der Waals surface area (Å²) in [7, 11) is 0. The molecular weight excluding hydrogens is 369 g/mol. The van der Waals surface area contributed by atoms with Crippen LogP contribution in [0.1, 0.15) is 22.8 Å². The quantitative estimate of drug-likeness (QED) is 0.842. The van der Waals surface area contributed by atoms with Crippen LogP contribution in [0.15, 0.2) is 48.5 Å². The van der Waals surface area contributed by atoms with E-state index in [1.807, 2.05) is 0 Å². The van der Waals surface area contributed by atoms with Gasteiger partial charge in [-0.1, -0.05) is 23.7 Å². The molecule has 0 saturated heterocycles. The molecule has 0 atom stereocenters. The Morgan fingerprint density at radius 1 is 1.08 bits per heavy atom. The first-order valence-electron chi connectivity index (χ1n) is 7.68. The number of anilines is 1. The van der Waals surface area contributed by atoms with Gasteiger partial charge in [0.15, 0.2) is 0 Å². The van der Waals surface area contributed by atoms with E-state index in [4.69, 9.17) is 11.6 Å². The third-order valence-corrected chi connectivity index (χ3v) is 3.86. The van der Waals surface area contributed by atoms with E-state index in [1.165, 1.54) is 37.3 Å². The van der Waals surface area contributed by atoms with Gasteiger partial charge in [-0.15, -0.1) is 0 Å². The van der Waals surface area contributed by atoms with Crippen molar-refractivity contribution in [3.63, 3.8) is 0 Å². The van der Waals surface area contributed by atoms with E-state index in [0.717, 1.165) is 11.0 Å². The van der Waals surface area contributed by atoms with E-state index in [9.17, 15) is 22.8 Å². The molecule has 2 rings (SSSR count). The van der Waals surface area contributed by atoms with Gasteiger partial charge in [-0.3, -0.25) is 9.59 Å². The van der Waals surface area contributed by atoms with Crippen molar-refractivity contribution in [3.05, 3.63) is 64.7 Å². The SMILES string of the molecule is CC(=O)N(CCNC(=O)c1ccc(Cl)cc1)c1ccccc1C(F)(F)F. The fraction of sp³-hybridized carbons (Fsp3) is 0.222. The van der Waals surface area contributed by atoms with Gasteiger partial charge < -0.3 is 10.2 Å². The summed E-state index contributed by atoms with van der Waals surface area (Å²) in [5.41, 5.74) is -0.785. The van der Waals surface area contributed by atoms with Gasteiger partial charge in [0, 0.05) is 30.6 Å². The number of benzene rings is 2. The zero-order valence-corrected chi connectivity index (χ0v) is 14.6. The average Bonchev–Trinajstić information content (AvgIpc) is 2.58. The van der Waals surface area contributed by atoms with Gasteiger partial charge in [0.2, 0.25) is 5.91 Å². The molecule has 0 aliphatic carbocycles. The van der Waals surface area contributed by atoms with Crippen LogP contribution in [0.5, 0.6) is 0 Å². The summed E-state index contributed by atoms with van der Waals surface area (Å²) in [6.07, 6.45) is -4.59. The first kappa shape index (κ1) is 19.8. The van der Waals surface area contributed by atoms with Crippen LogP contribution in [-0.2, 0) is 11.0 Å². The van der Waals surface area contributed by atoms with Crippen LogP contribution in [0.3, 0.4) is 0 Å². The number of amides is 2. The summed E-state index contributed by atoms with van der Waals surface area (Å²) in [4.78, 5) is 24.9. The summed E-state index contributed by atoms with van der Waals surface area (Å²) < 4.78 is 39.5. The molecule has 1 N–H and O–H groups in total. The second-order valence-corrected chi connectivity index (χ2v) is 5.88. The zero-order chi connectivity index (χ0) is 19.3. The van der Waals surface area contributed by atoms with Crippen LogP contribution in [-0.4, -0.2) is 24.9 Å². The Bertz CT molecular complexity index is 792. The molecule has 2 aromatic rings. The second-order valence-electron chi connectivity index (χ2n) is 5.45. The Morgan fingerprint density at radius 2 is 1.69 bits per heavy atom. The smallest absolute Gasteiger partial charge is 0.350 e. The third kappa shape index (κ3) is 4.98. The number of halogens is 4. The van der Waals surface area contributed by atoms with Crippen molar-refractivity contribution in [3.8, 4) is 0 Å². The number of alkyl halides is 3. The Labute approximate surface area is 153 Å². The van der Waals surface area contributed by atoms with E-state index < -0.39 is 23.6 Å². The fourth-order valence-corrected chi connectivity index (χ4v) is 2.51. The fourth-order valence-electron chi connectivity index (χ4n) is 2.38. The minimum atomic E-state index is -4.59. The van der Waals surface area contributed by atoms with Crippen LogP contribution in [0.2, 0.25) is 5.02 Å². The van der Waals surface area contributed by atoms with Crippen molar-refractivity contribution in [2.45, 2.75) is 13.1 Å². The molecule has 0 aromatic heterocycles. The summed E-state index contributed by atoms with van der Waals surface area (Å²) in [6, 6.07) is 11.0. The Morgan fingerprint density at radius 3 is 2.27 bits per heavy atom. The summed E-state index contributed by atoms with van der Waals surface area (Å²) in [5.74, 6) is -0.961. The van der Waals surface area contributed by atoms with Gasteiger partial charge in [0.25, 0.3) is 5.91 Å². The van der Waals surface area contributed by atoms with Crippen LogP contribution >= 0.6 is 11.6 Å². The Hall–Kier alpha value is -2.54. The lowest BCUT2D eigenvalue weighted by Gasteiger charge is -2.25. The molecule has 0 bridgehead atoms. The first-order chi connectivity index (χ1) is 12.2. The highest BCUT2D eigenvalue weighted by Gasteiger charge is 2.35. The minimum Gasteiger partial charge on any atom is -0.350 e. The first-order valence-corrected chi connectivity index (χ1v) is 8.06. The Kier molecular flexibility index (Phi) is 6.26. The van der Waals surface area contributed by atoms with Gasteiger partial charge >= 0.3 is 6.18 Å². The van der Waals surface area contributed by atoms with Crippen molar-refractivity contribution in [2.75, 3.05) is 18.0 Å². The number of carbonyl (C=O) groups excluding carboxylic acids is 2. The van der Waals surface area contributed by atoms with E-state index >= 15 is 0 Å². The molecule has 0 fully saturated rings. The van der Waals surface area contributed by atoms with Gasteiger partial charge in [-0.2, -0.15) is 13.2 Å². The number of nitrogens with one attached hydrogen (secondary N) is 1. The van der Waals surface area contributed by atoms with Crippen LogP contribution < -0.4 is 10.2 Å². The number of hydrogen-bond acceptors (Lipinski definition) is 2. The molecule has 8 heteroatoms. The molecule has 0 radical (unpaired) electrons. The number of nitrogens with zero attached hydrogens (tertiary/aromatic N) is 1. The predicted octanol–water partition coefficient (Wildman–Crippen LogP) is 4.14. The summed E-state index contributed by atoms with van der Waals surface area (Å²) in [5, 5.41) is 3.05. The minimum absolute atomic E-state index is 0.00672. The van der Waals surface area contributed by atoms with E-state index in [1.54, 1.807) is 12.1 Å². The number of rotatable bonds is 5. The molecule has 0 unspecified atom stereocenters. The van der Waals surface area contributed by atoms with Crippen LogP contribution in [0.4, 0.5) is 18.9 Å². The highest BCUT2D eigenvalue weighted by atomic mass is 35.5. The predicted molar refractivity (Wildman–Crippen MR) is 93.3 cm³/mol. The number of hydrogen-bond donors (Lipinski definition) is 1. The lowest BCUT2D eigenvalue weighted by atomic mass is 10.1. The van der Waals surface area contributed by atoms with Crippen molar-refractivity contribution in [2.24, 2.45) is 0 Å². The molecule has 0 saturated carbocycles. The van der Waals surface area contributed by atoms with Crippen molar-refractivity contribution in [1.82, 2.24) is 5.32 Å². The van der Waals surface area contributed by atoms with Crippen molar-refractivity contribution >= 4 is 29.1 Å². The van der Waals surface area contributed by atoms with Gasteiger partial charge in [-0.05, 0) is 36.4 Å². The van der Waals surface area contributed by atoms with Crippen molar-refractivity contribution < 1.29 is 22.8 Å². The van der Waals surface area contributed by atoms with Crippen LogP contribution in [0.25, 0.3) is 0 Å². The molecule has 2 aromatic carbocycles.